The van der Waals surface area contributed by atoms with Crippen LogP contribution in [0.4, 0.5) is 0 Å². The highest BCUT2D eigenvalue weighted by Gasteiger charge is 2.30. The SMILES string of the molecule is Cc1cnn(-c2ccc3c(c2)CCN(CC(=O)N2CCN(C4CCC4)CC2)C3)c1. The van der Waals surface area contributed by atoms with Crippen molar-refractivity contribution in [2.75, 3.05) is 39.3 Å². The number of rotatable bonds is 4. The molecule has 1 saturated heterocycles. The van der Waals surface area contributed by atoms with Crippen molar-refractivity contribution in [3.63, 3.8) is 0 Å². The predicted octanol–water partition coefficient (Wildman–Crippen LogP) is 2.24. The van der Waals surface area contributed by atoms with Crippen molar-refractivity contribution in [3.8, 4) is 5.69 Å². The van der Waals surface area contributed by atoms with E-state index in [1.807, 2.05) is 10.9 Å². The molecule has 0 unspecified atom stereocenters. The Labute approximate surface area is 173 Å². The lowest BCUT2D eigenvalue weighted by Gasteiger charge is -2.43. The molecule has 0 N–H and O–H groups in total. The Bertz CT molecular complexity index is 879. The number of hydrogen-bond acceptors (Lipinski definition) is 4. The summed E-state index contributed by atoms with van der Waals surface area (Å²) < 4.78 is 1.94. The molecule has 29 heavy (non-hydrogen) atoms. The first-order valence-corrected chi connectivity index (χ1v) is 11.0. The van der Waals surface area contributed by atoms with Crippen molar-refractivity contribution in [1.82, 2.24) is 24.5 Å². The molecule has 1 aromatic heterocycles. The Morgan fingerprint density at radius 3 is 2.62 bits per heavy atom. The number of benzene rings is 1. The second-order valence-electron chi connectivity index (χ2n) is 8.88. The van der Waals surface area contributed by atoms with Gasteiger partial charge < -0.3 is 4.90 Å². The number of aromatic nitrogens is 2. The first-order valence-electron chi connectivity index (χ1n) is 11.0. The lowest BCUT2D eigenvalue weighted by Crippen LogP contribution is -2.55. The lowest BCUT2D eigenvalue weighted by molar-refractivity contribution is -0.135. The van der Waals surface area contributed by atoms with Crippen molar-refractivity contribution < 1.29 is 4.79 Å². The molecule has 154 valence electrons. The van der Waals surface area contributed by atoms with Crippen molar-refractivity contribution in [2.45, 2.75) is 45.2 Å². The van der Waals surface area contributed by atoms with E-state index in [2.05, 4.69) is 51.1 Å². The summed E-state index contributed by atoms with van der Waals surface area (Å²) in [5.74, 6) is 0.297. The summed E-state index contributed by atoms with van der Waals surface area (Å²) in [6, 6.07) is 7.38. The van der Waals surface area contributed by atoms with Crippen LogP contribution in [0.1, 0.15) is 36.0 Å². The molecule has 1 aliphatic carbocycles. The van der Waals surface area contributed by atoms with E-state index in [1.165, 1.54) is 36.0 Å². The minimum absolute atomic E-state index is 0.297. The fourth-order valence-corrected chi connectivity index (χ4v) is 4.81. The maximum Gasteiger partial charge on any atom is 0.236 e. The zero-order valence-electron chi connectivity index (χ0n) is 17.4. The molecule has 0 spiro atoms. The van der Waals surface area contributed by atoms with Gasteiger partial charge >= 0.3 is 0 Å². The van der Waals surface area contributed by atoms with Crippen molar-refractivity contribution in [3.05, 3.63) is 47.3 Å². The van der Waals surface area contributed by atoms with Gasteiger partial charge in [-0.2, -0.15) is 5.10 Å². The van der Waals surface area contributed by atoms with Gasteiger partial charge in [0.25, 0.3) is 0 Å². The van der Waals surface area contributed by atoms with Crippen LogP contribution in [-0.2, 0) is 17.8 Å². The van der Waals surface area contributed by atoms with Gasteiger partial charge in [0.15, 0.2) is 0 Å². The van der Waals surface area contributed by atoms with E-state index in [4.69, 9.17) is 0 Å². The zero-order chi connectivity index (χ0) is 19.8. The molecule has 0 radical (unpaired) electrons. The maximum absolute atomic E-state index is 12.8. The third-order valence-corrected chi connectivity index (χ3v) is 6.87. The largest absolute Gasteiger partial charge is 0.339 e. The molecule has 2 fully saturated rings. The van der Waals surface area contributed by atoms with Crippen LogP contribution in [0.15, 0.2) is 30.6 Å². The van der Waals surface area contributed by atoms with Gasteiger partial charge in [0, 0.05) is 51.5 Å². The molecule has 1 aromatic carbocycles. The van der Waals surface area contributed by atoms with Crippen LogP contribution in [0.2, 0.25) is 0 Å². The molecular formula is C23H31N5O. The van der Waals surface area contributed by atoms with Gasteiger partial charge in [-0.25, -0.2) is 4.68 Å². The maximum atomic E-state index is 12.8. The van der Waals surface area contributed by atoms with Crippen LogP contribution in [0.5, 0.6) is 0 Å². The second kappa shape index (κ2) is 7.92. The zero-order valence-corrected chi connectivity index (χ0v) is 17.4. The van der Waals surface area contributed by atoms with Crippen LogP contribution < -0.4 is 0 Å². The summed E-state index contributed by atoms with van der Waals surface area (Å²) in [5.41, 5.74) is 5.01. The van der Waals surface area contributed by atoms with E-state index >= 15 is 0 Å². The highest BCUT2D eigenvalue weighted by atomic mass is 16.2. The monoisotopic (exact) mass is 393 g/mol. The third kappa shape index (κ3) is 3.96. The van der Waals surface area contributed by atoms with Gasteiger partial charge in [0.05, 0.1) is 18.4 Å². The number of hydrogen-bond donors (Lipinski definition) is 0. The molecule has 6 nitrogen and oxygen atoms in total. The summed E-state index contributed by atoms with van der Waals surface area (Å²) in [5, 5.41) is 4.42. The average Bonchev–Trinajstić information content (AvgIpc) is 3.13. The van der Waals surface area contributed by atoms with Gasteiger partial charge in [-0.1, -0.05) is 12.5 Å². The molecule has 1 saturated carbocycles. The van der Waals surface area contributed by atoms with Crippen molar-refractivity contribution in [1.29, 1.82) is 0 Å². The molecule has 3 aliphatic rings. The van der Waals surface area contributed by atoms with E-state index in [-0.39, 0.29) is 0 Å². The number of amides is 1. The number of nitrogens with zero attached hydrogens (tertiary/aromatic N) is 5. The first-order chi connectivity index (χ1) is 14.2. The molecular weight excluding hydrogens is 362 g/mol. The Kier molecular flexibility index (Phi) is 5.14. The second-order valence-corrected chi connectivity index (χ2v) is 8.88. The molecule has 1 amide bonds. The summed E-state index contributed by atoms with van der Waals surface area (Å²) >= 11 is 0. The Morgan fingerprint density at radius 1 is 1.10 bits per heavy atom. The predicted molar refractivity (Wildman–Crippen MR) is 113 cm³/mol. The van der Waals surface area contributed by atoms with E-state index in [0.717, 1.165) is 57.4 Å². The summed E-state index contributed by atoms with van der Waals surface area (Å²) in [4.78, 5) is 19.8. The molecule has 2 aromatic rings. The van der Waals surface area contributed by atoms with E-state index < -0.39 is 0 Å². The van der Waals surface area contributed by atoms with Crippen LogP contribution in [0.3, 0.4) is 0 Å². The number of carbonyl (C=O) groups excluding carboxylic acids is 1. The first kappa shape index (κ1) is 18.8. The molecule has 0 bridgehead atoms. The van der Waals surface area contributed by atoms with Crippen LogP contribution >= 0.6 is 0 Å². The highest BCUT2D eigenvalue weighted by Crippen LogP contribution is 2.26. The summed E-state index contributed by atoms with van der Waals surface area (Å²) in [6.45, 7) is 8.31. The molecule has 0 atom stereocenters. The third-order valence-electron chi connectivity index (χ3n) is 6.87. The standard InChI is InChI=1S/C23H31N5O/c1-18-14-24-28(15-18)22-6-5-20-16-25(8-7-19(20)13-22)17-23(29)27-11-9-26(10-12-27)21-3-2-4-21/h5-6,13-15,21H,2-4,7-12,16-17H2,1H3. The Balaban J connectivity index is 1.16. The molecule has 2 aliphatic heterocycles. The van der Waals surface area contributed by atoms with Gasteiger partial charge in [-0.3, -0.25) is 14.6 Å². The van der Waals surface area contributed by atoms with Gasteiger partial charge in [-0.15, -0.1) is 0 Å². The topological polar surface area (TPSA) is 44.6 Å². The number of piperazine rings is 1. The summed E-state index contributed by atoms with van der Waals surface area (Å²) in [6.07, 6.45) is 9.01. The Morgan fingerprint density at radius 2 is 1.93 bits per heavy atom. The molecule has 5 rings (SSSR count). The van der Waals surface area contributed by atoms with Crippen molar-refractivity contribution >= 4 is 5.91 Å². The number of aryl methyl sites for hydroxylation is 1. The fraction of sp³-hybridized carbons (Fsp3) is 0.565. The lowest BCUT2D eigenvalue weighted by atomic mass is 9.91. The number of carbonyl (C=O) groups is 1. The van der Waals surface area contributed by atoms with E-state index in [1.54, 1.807) is 0 Å². The van der Waals surface area contributed by atoms with E-state index in [0.29, 0.717) is 12.5 Å². The molecule has 6 heteroatoms. The van der Waals surface area contributed by atoms with Crippen molar-refractivity contribution in [2.24, 2.45) is 0 Å². The minimum atomic E-state index is 0.297. The van der Waals surface area contributed by atoms with Gasteiger partial charge in [-0.05, 0) is 55.0 Å². The fourth-order valence-electron chi connectivity index (χ4n) is 4.81. The highest BCUT2D eigenvalue weighted by molar-refractivity contribution is 5.78. The van der Waals surface area contributed by atoms with Crippen LogP contribution in [-0.4, -0.2) is 75.7 Å². The van der Waals surface area contributed by atoms with E-state index in [9.17, 15) is 4.79 Å². The van der Waals surface area contributed by atoms with Gasteiger partial charge in [0.1, 0.15) is 0 Å². The van der Waals surface area contributed by atoms with Gasteiger partial charge in [0.2, 0.25) is 5.91 Å². The van der Waals surface area contributed by atoms with Crippen LogP contribution in [0.25, 0.3) is 5.69 Å². The number of fused-ring (bicyclic) bond motifs is 1. The molecule has 3 heterocycles. The normalized spacial score (nSPS) is 21.1. The average molecular weight is 394 g/mol. The quantitative estimate of drug-likeness (QED) is 0.799. The minimum Gasteiger partial charge on any atom is -0.339 e. The van der Waals surface area contributed by atoms with Crippen LogP contribution in [0, 0.1) is 6.92 Å². The summed E-state index contributed by atoms with van der Waals surface area (Å²) in [7, 11) is 0. The smallest absolute Gasteiger partial charge is 0.236 e. The Hall–Kier alpha value is -2.18.